The van der Waals surface area contributed by atoms with E-state index in [-0.39, 0.29) is 17.4 Å². The van der Waals surface area contributed by atoms with Crippen LogP contribution in [0, 0.1) is 17.3 Å². The molecule has 2 aliphatic rings. The van der Waals surface area contributed by atoms with Gasteiger partial charge in [-0.1, -0.05) is 20.8 Å². The van der Waals surface area contributed by atoms with Crippen LogP contribution in [0.15, 0.2) is 0 Å². The van der Waals surface area contributed by atoms with Crippen molar-refractivity contribution in [1.29, 1.82) is 0 Å². The van der Waals surface area contributed by atoms with Gasteiger partial charge in [0.1, 0.15) is 0 Å². The molecular weight excluding hydrogens is 264 g/mol. The van der Waals surface area contributed by atoms with E-state index in [4.69, 9.17) is 0 Å². The van der Waals surface area contributed by atoms with Crippen molar-refractivity contribution in [3.63, 3.8) is 0 Å². The summed E-state index contributed by atoms with van der Waals surface area (Å²) in [5.41, 5.74) is -0.308. The van der Waals surface area contributed by atoms with E-state index in [9.17, 15) is 9.59 Å². The van der Waals surface area contributed by atoms with Crippen LogP contribution < -0.4 is 0 Å². The van der Waals surface area contributed by atoms with E-state index < -0.39 is 0 Å². The molecule has 4 heteroatoms. The van der Waals surface area contributed by atoms with Gasteiger partial charge in [-0.2, -0.15) is 0 Å². The van der Waals surface area contributed by atoms with Crippen molar-refractivity contribution in [2.75, 3.05) is 19.6 Å². The standard InChI is InChI=1S/C17H30N2O2/c1-12(2)19-9-7-14-11-18(16(21)17(3,4)5)8-6-13(14)10-15(19)20/h12-14H,6-11H2,1-5H3/t13-,14-/m0/s1. The second-order valence-electron chi connectivity index (χ2n) is 7.98. The molecule has 0 aromatic rings. The van der Waals surface area contributed by atoms with Gasteiger partial charge in [-0.15, -0.1) is 0 Å². The van der Waals surface area contributed by atoms with Crippen LogP contribution in [0.2, 0.25) is 0 Å². The van der Waals surface area contributed by atoms with Crippen molar-refractivity contribution in [2.45, 2.75) is 59.9 Å². The zero-order valence-corrected chi connectivity index (χ0v) is 14.2. The summed E-state index contributed by atoms with van der Waals surface area (Å²) in [4.78, 5) is 28.8. The highest BCUT2D eigenvalue weighted by Crippen LogP contribution is 2.34. The van der Waals surface area contributed by atoms with Gasteiger partial charge in [-0.25, -0.2) is 0 Å². The topological polar surface area (TPSA) is 40.6 Å². The lowest BCUT2D eigenvalue weighted by molar-refractivity contribution is -0.142. The van der Waals surface area contributed by atoms with Gasteiger partial charge < -0.3 is 9.80 Å². The lowest BCUT2D eigenvalue weighted by atomic mass is 9.81. The number of hydrogen-bond donors (Lipinski definition) is 0. The molecule has 2 saturated heterocycles. The summed E-state index contributed by atoms with van der Waals surface area (Å²) in [5.74, 6) is 1.49. The third kappa shape index (κ3) is 3.58. The van der Waals surface area contributed by atoms with Crippen molar-refractivity contribution in [3.8, 4) is 0 Å². The molecule has 2 fully saturated rings. The average molecular weight is 294 g/mol. The number of rotatable bonds is 1. The molecule has 0 aromatic carbocycles. The van der Waals surface area contributed by atoms with E-state index in [1.807, 2.05) is 30.6 Å². The van der Waals surface area contributed by atoms with E-state index in [1.165, 1.54) is 0 Å². The molecule has 120 valence electrons. The minimum absolute atomic E-state index is 0.247. The first-order valence-electron chi connectivity index (χ1n) is 8.29. The molecular formula is C17H30N2O2. The number of likely N-dealkylation sites (tertiary alicyclic amines) is 2. The molecule has 2 rings (SSSR count). The summed E-state index contributed by atoms with van der Waals surface area (Å²) in [5, 5.41) is 0. The first kappa shape index (κ1) is 16.3. The number of fused-ring (bicyclic) bond motifs is 1. The molecule has 0 N–H and O–H groups in total. The maximum Gasteiger partial charge on any atom is 0.227 e. The largest absolute Gasteiger partial charge is 0.342 e. The Labute approximate surface area is 128 Å². The van der Waals surface area contributed by atoms with Gasteiger partial charge in [0.25, 0.3) is 0 Å². The number of hydrogen-bond acceptors (Lipinski definition) is 2. The molecule has 0 radical (unpaired) electrons. The molecule has 0 aliphatic carbocycles. The van der Waals surface area contributed by atoms with E-state index in [1.54, 1.807) is 0 Å². The highest BCUT2D eigenvalue weighted by Gasteiger charge is 2.38. The van der Waals surface area contributed by atoms with Crippen molar-refractivity contribution in [1.82, 2.24) is 9.80 Å². The Morgan fingerprint density at radius 2 is 1.76 bits per heavy atom. The number of nitrogens with zero attached hydrogens (tertiary/aromatic N) is 2. The van der Waals surface area contributed by atoms with E-state index in [0.717, 1.165) is 32.5 Å². The van der Waals surface area contributed by atoms with Gasteiger partial charge in [0.05, 0.1) is 0 Å². The minimum atomic E-state index is -0.308. The van der Waals surface area contributed by atoms with Gasteiger partial charge in [-0.05, 0) is 38.5 Å². The number of amides is 2. The number of piperidine rings is 1. The monoisotopic (exact) mass is 294 g/mol. The molecule has 2 aliphatic heterocycles. The van der Waals surface area contributed by atoms with Crippen LogP contribution in [0.5, 0.6) is 0 Å². The van der Waals surface area contributed by atoms with Gasteiger partial charge >= 0.3 is 0 Å². The quantitative estimate of drug-likeness (QED) is 0.745. The van der Waals surface area contributed by atoms with Crippen LogP contribution in [0.1, 0.15) is 53.9 Å². The lowest BCUT2D eigenvalue weighted by Crippen LogP contribution is -2.47. The van der Waals surface area contributed by atoms with Gasteiger partial charge in [-0.3, -0.25) is 9.59 Å². The molecule has 21 heavy (non-hydrogen) atoms. The summed E-state index contributed by atoms with van der Waals surface area (Å²) in [6.45, 7) is 12.6. The molecule has 2 amide bonds. The zero-order valence-electron chi connectivity index (χ0n) is 14.2. The Morgan fingerprint density at radius 3 is 2.33 bits per heavy atom. The van der Waals surface area contributed by atoms with Crippen LogP contribution in [0.4, 0.5) is 0 Å². The first-order valence-corrected chi connectivity index (χ1v) is 8.29. The molecule has 2 heterocycles. The van der Waals surface area contributed by atoms with Crippen LogP contribution >= 0.6 is 0 Å². The summed E-state index contributed by atoms with van der Waals surface area (Å²) >= 11 is 0. The van der Waals surface area contributed by atoms with E-state index in [2.05, 4.69) is 13.8 Å². The predicted octanol–water partition coefficient (Wildman–Crippen LogP) is 2.53. The number of carbonyl (C=O) groups excluding carboxylic acids is 2. The smallest absolute Gasteiger partial charge is 0.227 e. The van der Waals surface area contributed by atoms with Crippen molar-refractivity contribution in [2.24, 2.45) is 17.3 Å². The summed E-state index contributed by atoms with van der Waals surface area (Å²) in [7, 11) is 0. The predicted molar refractivity (Wildman–Crippen MR) is 83.7 cm³/mol. The molecule has 0 spiro atoms. The fraction of sp³-hybridized carbons (Fsp3) is 0.882. The van der Waals surface area contributed by atoms with Crippen LogP contribution in [-0.2, 0) is 9.59 Å². The third-order valence-electron chi connectivity index (χ3n) is 4.94. The maximum absolute atomic E-state index is 12.5. The second kappa shape index (κ2) is 5.98. The Balaban J connectivity index is 2.05. The Morgan fingerprint density at radius 1 is 1.14 bits per heavy atom. The fourth-order valence-corrected chi connectivity index (χ4v) is 3.65. The number of carbonyl (C=O) groups is 2. The fourth-order valence-electron chi connectivity index (χ4n) is 3.65. The zero-order chi connectivity index (χ0) is 15.8. The highest BCUT2D eigenvalue weighted by atomic mass is 16.2. The van der Waals surface area contributed by atoms with E-state index >= 15 is 0 Å². The highest BCUT2D eigenvalue weighted by molar-refractivity contribution is 5.81. The Kier molecular flexibility index (Phi) is 4.64. The van der Waals surface area contributed by atoms with Crippen LogP contribution in [0.25, 0.3) is 0 Å². The maximum atomic E-state index is 12.5. The second-order valence-corrected chi connectivity index (χ2v) is 7.98. The minimum Gasteiger partial charge on any atom is -0.342 e. The first-order chi connectivity index (χ1) is 9.70. The Bertz CT molecular complexity index is 412. The van der Waals surface area contributed by atoms with Gasteiger partial charge in [0, 0.05) is 37.5 Å². The van der Waals surface area contributed by atoms with Crippen LogP contribution in [-0.4, -0.2) is 47.3 Å². The third-order valence-corrected chi connectivity index (χ3v) is 4.94. The van der Waals surface area contributed by atoms with Crippen molar-refractivity contribution in [3.05, 3.63) is 0 Å². The molecule has 0 aromatic heterocycles. The van der Waals surface area contributed by atoms with Crippen molar-refractivity contribution >= 4 is 11.8 Å². The Hall–Kier alpha value is -1.06. The summed E-state index contributed by atoms with van der Waals surface area (Å²) in [6, 6.07) is 0.282. The molecule has 2 atom stereocenters. The molecule has 4 nitrogen and oxygen atoms in total. The van der Waals surface area contributed by atoms with Gasteiger partial charge in [0.2, 0.25) is 11.8 Å². The van der Waals surface area contributed by atoms with Crippen molar-refractivity contribution < 1.29 is 9.59 Å². The SMILES string of the molecule is CC(C)N1CC[C@H]2CN(C(=O)C(C)(C)C)CC[C@H]2CC1=O. The molecule has 0 bridgehead atoms. The van der Waals surface area contributed by atoms with Crippen LogP contribution in [0.3, 0.4) is 0 Å². The lowest BCUT2D eigenvalue weighted by Gasteiger charge is -2.40. The summed E-state index contributed by atoms with van der Waals surface area (Å²) in [6.07, 6.45) is 2.67. The average Bonchev–Trinajstić information content (AvgIpc) is 2.54. The van der Waals surface area contributed by atoms with Gasteiger partial charge in [0.15, 0.2) is 0 Å². The molecule has 0 unspecified atom stereocenters. The summed E-state index contributed by atoms with van der Waals surface area (Å²) < 4.78 is 0. The van der Waals surface area contributed by atoms with E-state index in [0.29, 0.717) is 24.2 Å². The normalized spacial score (nSPS) is 27.6. The molecule has 0 saturated carbocycles.